The molecule has 0 aliphatic heterocycles. The third-order valence-electron chi connectivity index (χ3n) is 3.53. The SMILES string of the molecule is COC(=O)c1sccc1S(=O)(=O)NC(C)COc1c(C)cccc1C. The number of ether oxygens (including phenoxy) is 2. The van der Waals surface area contributed by atoms with Gasteiger partial charge in [0.2, 0.25) is 10.0 Å². The second kappa shape index (κ2) is 7.99. The van der Waals surface area contributed by atoms with Gasteiger partial charge in [0.15, 0.2) is 0 Å². The van der Waals surface area contributed by atoms with E-state index in [0.717, 1.165) is 28.2 Å². The Hall–Kier alpha value is -1.90. The minimum atomic E-state index is -3.85. The number of para-hydroxylation sites is 1. The fourth-order valence-electron chi connectivity index (χ4n) is 2.35. The van der Waals surface area contributed by atoms with E-state index in [0.29, 0.717) is 0 Å². The summed E-state index contributed by atoms with van der Waals surface area (Å²) in [6.07, 6.45) is 0. The average molecular weight is 383 g/mol. The van der Waals surface area contributed by atoms with E-state index < -0.39 is 22.0 Å². The van der Waals surface area contributed by atoms with Crippen LogP contribution in [0.5, 0.6) is 5.75 Å². The molecule has 0 spiro atoms. The molecular weight excluding hydrogens is 362 g/mol. The summed E-state index contributed by atoms with van der Waals surface area (Å²) in [4.78, 5) is 11.7. The predicted molar refractivity (Wildman–Crippen MR) is 96.9 cm³/mol. The molecule has 6 nitrogen and oxygen atoms in total. The standard InChI is InChI=1S/C17H21NO5S2/c1-11-6-5-7-12(2)15(11)23-10-13(3)18-25(20,21)14-8-9-24-16(14)17(19)22-4/h5-9,13,18H,10H2,1-4H3. The number of methoxy groups -OCH3 is 1. The second-order valence-corrected chi connectivity index (χ2v) is 8.26. The largest absolute Gasteiger partial charge is 0.491 e. The maximum absolute atomic E-state index is 12.5. The lowest BCUT2D eigenvalue weighted by Gasteiger charge is -2.17. The van der Waals surface area contributed by atoms with E-state index in [9.17, 15) is 13.2 Å². The van der Waals surface area contributed by atoms with Gasteiger partial charge in [0, 0.05) is 0 Å². The summed E-state index contributed by atoms with van der Waals surface area (Å²) in [6.45, 7) is 5.74. The molecule has 0 fully saturated rings. The molecule has 0 bridgehead atoms. The summed E-state index contributed by atoms with van der Waals surface area (Å²) >= 11 is 1.03. The number of thiophene rings is 1. The van der Waals surface area contributed by atoms with Gasteiger partial charge >= 0.3 is 5.97 Å². The van der Waals surface area contributed by atoms with Crippen LogP contribution in [0.15, 0.2) is 34.5 Å². The van der Waals surface area contributed by atoms with Gasteiger partial charge in [-0.2, -0.15) is 0 Å². The zero-order chi connectivity index (χ0) is 18.6. The summed E-state index contributed by atoms with van der Waals surface area (Å²) in [5, 5.41) is 1.54. The smallest absolute Gasteiger partial charge is 0.349 e. The van der Waals surface area contributed by atoms with E-state index in [1.807, 2.05) is 32.0 Å². The molecule has 0 amide bonds. The Kier molecular flexibility index (Phi) is 6.21. The minimum Gasteiger partial charge on any atom is -0.491 e. The van der Waals surface area contributed by atoms with E-state index in [4.69, 9.17) is 4.74 Å². The first-order valence-electron chi connectivity index (χ1n) is 7.63. The van der Waals surface area contributed by atoms with E-state index in [2.05, 4.69) is 9.46 Å². The summed E-state index contributed by atoms with van der Waals surface area (Å²) in [5.74, 6) is 0.0779. The third kappa shape index (κ3) is 4.59. The zero-order valence-electron chi connectivity index (χ0n) is 14.5. The molecule has 0 saturated carbocycles. The van der Waals surface area contributed by atoms with Crippen LogP contribution in [-0.2, 0) is 14.8 Å². The third-order valence-corrected chi connectivity index (χ3v) is 6.19. The molecule has 0 saturated heterocycles. The molecule has 0 aliphatic carbocycles. The van der Waals surface area contributed by atoms with Crippen LogP contribution in [0.2, 0.25) is 0 Å². The molecule has 25 heavy (non-hydrogen) atoms. The summed E-state index contributed by atoms with van der Waals surface area (Å²) in [6, 6.07) is 6.72. The van der Waals surface area contributed by atoms with E-state index in [1.165, 1.54) is 13.2 Å². The molecule has 1 N–H and O–H groups in total. The Morgan fingerprint density at radius 2 is 1.88 bits per heavy atom. The van der Waals surface area contributed by atoms with Gasteiger partial charge in [0.05, 0.1) is 13.2 Å². The first-order valence-corrected chi connectivity index (χ1v) is 9.99. The second-order valence-electron chi connectivity index (χ2n) is 5.66. The lowest BCUT2D eigenvalue weighted by molar-refractivity contribution is 0.0602. The van der Waals surface area contributed by atoms with Crippen LogP contribution < -0.4 is 9.46 Å². The van der Waals surface area contributed by atoms with Crippen LogP contribution in [0.4, 0.5) is 0 Å². The van der Waals surface area contributed by atoms with Crippen LogP contribution in [-0.4, -0.2) is 34.1 Å². The number of sulfonamides is 1. The molecule has 2 rings (SSSR count). The molecule has 1 atom stereocenters. The van der Waals surface area contributed by atoms with Gasteiger partial charge in [0.1, 0.15) is 22.1 Å². The Morgan fingerprint density at radius 1 is 1.24 bits per heavy atom. The molecule has 136 valence electrons. The number of hydrogen-bond acceptors (Lipinski definition) is 6. The Labute approximate surface area is 151 Å². The Morgan fingerprint density at radius 3 is 2.48 bits per heavy atom. The van der Waals surface area contributed by atoms with E-state index in [-0.39, 0.29) is 16.4 Å². The van der Waals surface area contributed by atoms with Crippen LogP contribution in [0.1, 0.15) is 27.7 Å². The molecule has 0 aliphatic rings. The number of benzene rings is 1. The van der Waals surface area contributed by atoms with Gasteiger partial charge in [-0.15, -0.1) is 11.3 Å². The van der Waals surface area contributed by atoms with Crippen molar-refractivity contribution in [2.45, 2.75) is 31.7 Å². The minimum absolute atomic E-state index is 0.0536. The van der Waals surface area contributed by atoms with Crippen molar-refractivity contribution in [2.75, 3.05) is 13.7 Å². The quantitative estimate of drug-likeness (QED) is 0.744. The predicted octanol–water partition coefficient (Wildman–Crippen LogP) is 2.90. The maximum Gasteiger partial charge on any atom is 0.349 e. The van der Waals surface area contributed by atoms with Crippen molar-refractivity contribution in [1.82, 2.24) is 4.72 Å². The Balaban J connectivity index is 2.08. The van der Waals surface area contributed by atoms with Crippen molar-refractivity contribution >= 4 is 27.3 Å². The molecule has 1 aromatic heterocycles. The summed E-state index contributed by atoms with van der Waals surface area (Å²) in [5.41, 5.74) is 1.97. The van der Waals surface area contributed by atoms with Gasteiger partial charge in [-0.25, -0.2) is 17.9 Å². The molecule has 2 aromatic rings. The number of nitrogens with one attached hydrogen (secondary N) is 1. The topological polar surface area (TPSA) is 81.7 Å². The first-order chi connectivity index (χ1) is 11.8. The summed E-state index contributed by atoms with van der Waals surface area (Å²) in [7, 11) is -2.63. The van der Waals surface area contributed by atoms with Gasteiger partial charge in [-0.3, -0.25) is 0 Å². The van der Waals surface area contributed by atoms with Crippen LogP contribution in [0.25, 0.3) is 0 Å². The first kappa shape index (κ1) is 19.4. The van der Waals surface area contributed by atoms with Crippen molar-refractivity contribution in [3.05, 3.63) is 45.6 Å². The van der Waals surface area contributed by atoms with Crippen LogP contribution in [0, 0.1) is 13.8 Å². The van der Waals surface area contributed by atoms with E-state index in [1.54, 1.807) is 12.3 Å². The maximum atomic E-state index is 12.5. The van der Waals surface area contributed by atoms with Crippen molar-refractivity contribution in [3.63, 3.8) is 0 Å². The van der Waals surface area contributed by atoms with Gasteiger partial charge in [-0.05, 0) is 43.3 Å². The van der Waals surface area contributed by atoms with Gasteiger partial charge in [-0.1, -0.05) is 18.2 Å². The molecule has 8 heteroatoms. The highest BCUT2D eigenvalue weighted by atomic mass is 32.2. The van der Waals surface area contributed by atoms with Gasteiger partial charge < -0.3 is 9.47 Å². The van der Waals surface area contributed by atoms with Crippen molar-refractivity contribution in [1.29, 1.82) is 0 Å². The fourth-order valence-corrected chi connectivity index (χ4v) is 4.91. The zero-order valence-corrected chi connectivity index (χ0v) is 16.2. The number of esters is 1. The molecule has 1 aromatic carbocycles. The molecule has 0 radical (unpaired) electrons. The van der Waals surface area contributed by atoms with E-state index >= 15 is 0 Å². The molecule has 1 heterocycles. The Bertz CT molecular complexity index is 837. The normalized spacial score (nSPS) is 12.6. The van der Waals surface area contributed by atoms with Crippen molar-refractivity contribution < 1.29 is 22.7 Å². The highest BCUT2D eigenvalue weighted by Crippen LogP contribution is 2.24. The number of rotatable bonds is 7. The van der Waals surface area contributed by atoms with Gasteiger partial charge in [0.25, 0.3) is 0 Å². The highest BCUT2D eigenvalue weighted by Gasteiger charge is 2.26. The average Bonchev–Trinajstić information content (AvgIpc) is 3.04. The highest BCUT2D eigenvalue weighted by molar-refractivity contribution is 7.89. The lowest BCUT2D eigenvalue weighted by atomic mass is 10.1. The van der Waals surface area contributed by atoms with Crippen LogP contribution in [0.3, 0.4) is 0 Å². The monoisotopic (exact) mass is 383 g/mol. The number of aryl methyl sites for hydroxylation is 2. The summed E-state index contributed by atoms with van der Waals surface area (Å²) < 4.78 is 38.0. The van der Waals surface area contributed by atoms with Crippen LogP contribution >= 0.6 is 11.3 Å². The molecule has 1 unspecified atom stereocenters. The number of carbonyl (C=O) groups excluding carboxylic acids is 1. The number of hydrogen-bond donors (Lipinski definition) is 1. The van der Waals surface area contributed by atoms with Crippen molar-refractivity contribution in [2.24, 2.45) is 0 Å². The lowest BCUT2D eigenvalue weighted by Crippen LogP contribution is -2.37. The molecular formula is C17H21NO5S2. The number of carbonyl (C=O) groups is 1. The van der Waals surface area contributed by atoms with Crippen molar-refractivity contribution in [3.8, 4) is 5.75 Å². The fraction of sp³-hybridized carbons (Fsp3) is 0.353.